The van der Waals surface area contributed by atoms with E-state index in [0.717, 1.165) is 25.9 Å². The van der Waals surface area contributed by atoms with Crippen LogP contribution in [-0.2, 0) is 9.59 Å². The first kappa shape index (κ1) is 13.1. The Labute approximate surface area is 117 Å². The minimum absolute atomic E-state index is 0.0186. The third kappa shape index (κ3) is 2.30. The fourth-order valence-corrected chi connectivity index (χ4v) is 2.72. The number of amides is 2. The van der Waals surface area contributed by atoms with Crippen LogP contribution in [0.15, 0.2) is 10.6 Å². The molecule has 6 nitrogen and oxygen atoms in total. The van der Waals surface area contributed by atoms with Gasteiger partial charge in [-0.25, -0.2) is 0 Å². The number of anilines is 1. The lowest BCUT2D eigenvalue weighted by Gasteiger charge is -2.29. The number of nitrogens with one attached hydrogen (secondary N) is 1. The summed E-state index contributed by atoms with van der Waals surface area (Å²) in [5.74, 6) is 0.744. The Morgan fingerprint density at radius 3 is 2.55 bits per heavy atom. The Hall–Kier alpha value is -1.85. The summed E-state index contributed by atoms with van der Waals surface area (Å²) in [6.45, 7) is 3.31. The van der Waals surface area contributed by atoms with Crippen molar-refractivity contribution in [1.29, 1.82) is 0 Å². The second kappa shape index (κ2) is 4.92. The molecular weight excluding hydrogens is 258 g/mol. The zero-order valence-electron chi connectivity index (χ0n) is 11.6. The van der Waals surface area contributed by atoms with Crippen LogP contribution < -0.4 is 5.32 Å². The fourth-order valence-electron chi connectivity index (χ4n) is 2.72. The molecule has 0 bridgehead atoms. The van der Waals surface area contributed by atoms with E-state index in [2.05, 4.69) is 10.5 Å². The van der Waals surface area contributed by atoms with Gasteiger partial charge in [-0.3, -0.25) is 9.59 Å². The number of nitrogens with zero attached hydrogens (tertiary/aromatic N) is 2. The normalized spacial score (nSPS) is 20.6. The molecule has 1 aliphatic heterocycles. The van der Waals surface area contributed by atoms with Crippen LogP contribution in [0, 0.1) is 12.3 Å². The van der Waals surface area contributed by atoms with Gasteiger partial charge in [-0.1, -0.05) is 5.16 Å². The molecule has 1 aliphatic carbocycles. The van der Waals surface area contributed by atoms with E-state index in [1.54, 1.807) is 13.0 Å². The lowest BCUT2D eigenvalue weighted by Crippen LogP contribution is -2.45. The van der Waals surface area contributed by atoms with Crippen molar-refractivity contribution in [1.82, 2.24) is 10.1 Å². The van der Waals surface area contributed by atoms with Crippen molar-refractivity contribution in [2.75, 3.05) is 18.4 Å². The Morgan fingerprint density at radius 2 is 2.00 bits per heavy atom. The topological polar surface area (TPSA) is 75.4 Å². The van der Waals surface area contributed by atoms with Gasteiger partial charge in [-0.15, -0.1) is 0 Å². The molecule has 1 N–H and O–H groups in total. The molecule has 0 unspecified atom stereocenters. The van der Waals surface area contributed by atoms with E-state index in [1.807, 2.05) is 4.90 Å². The van der Waals surface area contributed by atoms with Crippen molar-refractivity contribution >= 4 is 17.6 Å². The quantitative estimate of drug-likeness (QED) is 0.853. The summed E-state index contributed by atoms with van der Waals surface area (Å²) >= 11 is 0. The van der Waals surface area contributed by atoms with E-state index in [0.29, 0.717) is 24.4 Å². The van der Waals surface area contributed by atoms with E-state index >= 15 is 0 Å². The largest absolute Gasteiger partial charge is 0.360 e. The summed E-state index contributed by atoms with van der Waals surface area (Å²) in [5.41, 5.74) is -0.857. The van der Waals surface area contributed by atoms with Crippen LogP contribution in [-0.4, -0.2) is 35.0 Å². The first-order chi connectivity index (χ1) is 9.62. The summed E-state index contributed by atoms with van der Waals surface area (Å²) < 4.78 is 4.92. The summed E-state index contributed by atoms with van der Waals surface area (Å²) in [7, 11) is 0. The van der Waals surface area contributed by atoms with Gasteiger partial charge in [-0.2, -0.15) is 0 Å². The minimum Gasteiger partial charge on any atom is -0.360 e. The molecule has 2 amide bonds. The number of carbonyl (C=O) groups excluding carboxylic acids is 2. The standard InChI is InChI=1S/C14H19N3O3/c1-10-9-11(16-20-10)15-12(18)14(5-6-14)13(19)17-7-3-2-4-8-17/h9H,2-8H2,1H3,(H,15,16,18). The lowest BCUT2D eigenvalue weighted by molar-refractivity contribution is -0.143. The van der Waals surface area contributed by atoms with Gasteiger partial charge in [0.1, 0.15) is 11.2 Å². The molecule has 2 fully saturated rings. The van der Waals surface area contributed by atoms with Crippen LogP contribution in [0.4, 0.5) is 5.82 Å². The number of aryl methyl sites for hydroxylation is 1. The van der Waals surface area contributed by atoms with Crippen LogP contribution >= 0.6 is 0 Å². The molecule has 3 rings (SSSR count). The van der Waals surface area contributed by atoms with Crippen molar-refractivity contribution in [3.05, 3.63) is 11.8 Å². The predicted octanol–water partition coefficient (Wildman–Crippen LogP) is 1.71. The molecule has 108 valence electrons. The third-order valence-corrected chi connectivity index (χ3v) is 4.11. The third-order valence-electron chi connectivity index (χ3n) is 4.11. The molecule has 0 spiro atoms. The van der Waals surface area contributed by atoms with Gasteiger partial charge in [0, 0.05) is 19.2 Å². The Balaban J connectivity index is 1.68. The lowest BCUT2D eigenvalue weighted by atomic mass is 10.0. The molecule has 1 saturated carbocycles. The maximum atomic E-state index is 12.5. The average molecular weight is 277 g/mol. The molecule has 0 aromatic carbocycles. The Morgan fingerprint density at radius 1 is 1.30 bits per heavy atom. The summed E-state index contributed by atoms with van der Waals surface area (Å²) in [5, 5.41) is 6.43. The van der Waals surface area contributed by atoms with Crippen molar-refractivity contribution < 1.29 is 14.1 Å². The number of likely N-dealkylation sites (tertiary alicyclic amines) is 1. The zero-order chi connectivity index (χ0) is 14.2. The monoisotopic (exact) mass is 277 g/mol. The fraction of sp³-hybridized carbons (Fsp3) is 0.643. The maximum Gasteiger partial charge on any atom is 0.241 e. The van der Waals surface area contributed by atoms with Gasteiger partial charge >= 0.3 is 0 Å². The van der Waals surface area contributed by atoms with Crippen molar-refractivity contribution in [3.8, 4) is 0 Å². The first-order valence-electron chi connectivity index (χ1n) is 7.16. The summed E-state index contributed by atoms with van der Waals surface area (Å²) in [6.07, 6.45) is 4.50. The average Bonchev–Trinajstić information content (AvgIpc) is 3.18. The highest BCUT2D eigenvalue weighted by Gasteiger charge is 2.58. The van der Waals surface area contributed by atoms with Crippen molar-refractivity contribution in [2.24, 2.45) is 5.41 Å². The molecule has 2 aliphatic rings. The SMILES string of the molecule is Cc1cc(NC(=O)C2(C(=O)N3CCCCC3)CC2)no1. The van der Waals surface area contributed by atoms with Gasteiger partial charge in [0.15, 0.2) is 5.82 Å². The number of hydrogen-bond acceptors (Lipinski definition) is 4. The van der Waals surface area contributed by atoms with Gasteiger partial charge in [0.2, 0.25) is 11.8 Å². The minimum atomic E-state index is -0.857. The molecular formula is C14H19N3O3. The molecule has 1 aromatic rings. The second-order valence-electron chi connectivity index (χ2n) is 5.71. The van der Waals surface area contributed by atoms with Crippen LogP contribution in [0.5, 0.6) is 0 Å². The summed E-state index contributed by atoms with van der Waals surface area (Å²) in [6, 6.07) is 1.65. The van der Waals surface area contributed by atoms with Crippen molar-refractivity contribution in [3.63, 3.8) is 0 Å². The highest BCUT2D eigenvalue weighted by atomic mass is 16.5. The molecule has 20 heavy (non-hydrogen) atoms. The number of carbonyl (C=O) groups is 2. The summed E-state index contributed by atoms with van der Waals surface area (Å²) in [4.78, 5) is 26.7. The Bertz CT molecular complexity index is 528. The van der Waals surface area contributed by atoms with E-state index in [9.17, 15) is 9.59 Å². The number of rotatable bonds is 3. The first-order valence-corrected chi connectivity index (χ1v) is 7.16. The van der Waals surface area contributed by atoms with E-state index in [4.69, 9.17) is 4.52 Å². The maximum absolute atomic E-state index is 12.5. The van der Waals surface area contributed by atoms with Crippen LogP contribution in [0.2, 0.25) is 0 Å². The zero-order valence-corrected chi connectivity index (χ0v) is 11.6. The molecule has 6 heteroatoms. The number of piperidine rings is 1. The van der Waals surface area contributed by atoms with Gasteiger partial charge in [0.05, 0.1) is 0 Å². The van der Waals surface area contributed by atoms with Crippen LogP contribution in [0.1, 0.15) is 37.9 Å². The second-order valence-corrected chi connectivity index (χ2v) is 5.71. The van der Waals surface area contributed by atoms with Crippen LogP contribution in [0.3, 0.4) is 0 Å². The smallest absolute Gasteiger partial charge is 0.241 e. The van der Waals surface area contributed by atoms with Crippen molar-refractivity contribution in [2.45, 2.75) is 39.0 Å². The highest BCUT2D eigenvalue weighted by Crippen LogP contribution is 2.48. The van der Waals surface area contributed by atoms with Gasteiger partial charge < -0.3 is 14.7 Å². The predicted molar refractivity (Wildman–Crippen MR) is 72.0 cm³/mol. The van der Waals surface area contributed by atoms with Crippen LogP contribution in [0.25, 0.3) is 0 Å². The molecule has 1 aromatic heterocycles. The van der Waals surface area contributed by atoms with E-state index < -0.39 is 5.41 Å². The molecule has 2 heterocycles. The molecule has 1 saturated heterocycles. The Kier molecular flexibility index (Phi) is 3.23. The van der Waals surface area contributed by atoms with Gasteiger partial charge in [-0.05, 0) is 39.0 Å². The highest BCUT2D eigenvalue weighted by molar-refractivity contribution is 6.12. The number of hydrogen-bond donors (Lipinski definition) is 1. The van der Waals surface area contributed by atoms with E-state index in [1.165, 1.54) is 6.42 Å². The molecule has 0 atom stereocenters. The number of aromatic nitrogens is 1. The molecule has 0 radical (unpaired) electrons. The van der Waals surface area contributed by atoms with E-state index in [-0.39, 0.29) is 11.8 Å². The van der Waals surface area contributed by atoms with Gasteiger partial charge in [0.25, 0.3) is 0 Å².